The van der Waals surface area contributed by atoms with Crippen LogP contribution in [-0.4, -0.2) is 0 Å². The molecule has 0 aromatic carbocycles. The average molecular weight is 209 g/mol. The largest absolute Gasteiger partial charge is 0.149 e. The predicted octanol–water partition coefficient (Wildman–Crippen LogP) is 4.68. The van der Waals surface area contributed by atoms with Gasteiger partial charge in [0.25, 0.3) is 0 Å². The number of thiophene rings is 1. The summed E-state index contributed by atoms with van der Waals surface area (Å²) >= 11 is 1.66. The van der Waals surface area contributed by atoms with Gasteiger partial charge in [-0.3, -0.25) is 0 Å². The Morgan fingerprint density at radius 2 is 2.43 bits per heavy atom. The third-order valence-electron chi connectivity index (χ3n) is 2.14. The molecule has 1 rings (SSSR count). The number of unbranched alkanes of at least 4 members (excludes halogenated alkanes) is 2. The van der Waals surface area contributed by atoms with Gasteiger partial charge in [-0.25, -0.2) is 0 Å². The Hall–Kier alpha value is -0.990. The van der Waals surface area contributed by atoms with E-state index in [-0.39, 0.29) is 6.04 Å². The van der Waals surface area contributed by atoms with Crippen LogP contribution < -0.4 is 0 Å². The van der Waals surface area contributed by atoms with Crippen LogP contribution in [0.25, 0.3) is 10.4 Å². The lowest BCUT2D eigenvalue weighted by atomic mass is 10.1. The highest BCUT2D eigenvalue weighted by Crippen LogP contribution is 2.27. The number of nitrogens with zero attached hydrogens (tertiary/aromatic N) is 3. The fourth-order valence-corrected chi connectivity index (χ4v) is 2.18. The van der Waals surface area contributed by atoms with Crippen LogP contribution in [0.5, 0.6) is 0 Å². The summed E-state index contributed by atoms with van der Waals surface area (Å²) < 4.78 is 0. The van der Waals surface area contributed by atoms with Crippen molar-refractivity contribution in [3.05, 3.63) is 32.8 Å². The lowest BCUT2D eigenvalue weighted by Gasteiger charge is -2.07. The van der Waals surface area contributed by atoms with E-state index in [1.165, 1.54) is 17.7 Å². The predicted molar refractivity (Wildman–Crippen MR) is 60.3 cm³/mol. The first kappa shape index (κ1) is 11.1. The number of rotatable bonds is 6. The summed E-state index contributed by atoms with van der Waals surface area (Å²) in [6.45, 7) is 2.17. The van der Waals surface area contributed by atoms with Gasteiger partial charge in [-0.05, 0) is 23.4 Å². The van der Waals surface area contributed by atoms with E-state index in [2.05, 4.69) is 16.9 Å². The molecule has 1 atom stereocenters. The van der Waals surface area contributed by atoms with Crippen LogP contribution in [0.3, 0.4) is 0 Å². The van der Waals surface area contributed by atoms with E-state index in [1.807, 2.05) is 17.5 Å². The molecule has 1 unspecified atom stereocenters. The van der Waals surface area contributed by atoms with E-state index in [0.717, 1.165) is 12.8 Å². The van der Waals surface area contributed by atoms with Crippen LogP contribution in [0.15, 0.2) is 22.6 Å². The molecule has 1 heterocycles. The fourth-order valence-electron chi connectivity index (χ4n) is 1.39. The minimum atomic E-state index is 0.0477. The van der Waals surface area contributed by atoms with Gasteiger partial charge in [0.05, 0.1) is 6.04 Å². The first-order valence-electron chi connectivity index (χ1n) is 4.96. The summed E-state index contributed by atoms with van der Waals surface area (Å²) in [6.07, 6.45) is 4.52. The van der Waals surface area contributed by atoms with Crippen molar-refractivity contribution in [2.45, 2.75) is 38.6 Å². The zero-order chi connectivity index (χ0) is 10.2. The maximum atomic E-state index is 8.45. The summed E-state index contributed by atoms with van der Waals surface area (Å²) in [5, 5.41) is 5.85. The Morgan fingerprint density at radius 1 is 1.57 bits per heavy atom. The fraction of sp³-hybridized carbons (Fsp3) is 0.600. The van der Waals surface area contributed by atoms with Crippen LogP contribution in [0.4, 0.5) is 0 Å². The molecule has 0 bridgehead atoms. The Balaban J connectivity index is 2.52. The van der Waals surface area contributed by atoms with Crippen molar-refractivity contribution in [3.63, 3.8) is 0 Å². The second kappa shape index (κ2) is 6.46. The molecule has 4 heteroatoms. The molecule has 0 aliphatic carbocycles. The van der Waals surface area contributed by atoms with E-state index in [4.69, 9.17) is 5.53 Å². The van der Waals surface area contributed by atoms with Gasteiger partial charge >= 0.3 is 0 Å². The molecule has 0 aliphatic heterocycles. The van der Waals surface area contributed by atoms with Gasteiger partial charge in [-0.1, -0.05) is 37.4 Å². The summed E-state index contributed by atoms with van der Waals surface area (Å²) in [4.78, 5) is 4.08. The zero-order valence-electron chi connectivity index (χ0n) is 8.39. The highest BCUT2D eigenvalue weighted by molar-refractivity contribution is 7.10. The van der Waals surface area contributed by atoms with Gasteiger partial charge in [0.2, 0.25) is 0 Å². The Kier molecular flexibility index (Phi) is 5.12. The minimum Gasteiger partial charge on any atom is -0.149 e. The first-order valence-corrected chi connectivity index (χ1v) is 5.84. The normalized spacial score (nSPS) is 12.1. The SMILES string of the molecule is CCCCCC(N=[N+]=[N-])c1cccs1. The van der Waals surface area contributed by atoms with E-state index in [1.54, 1.807) is 11.3 Å². The number of hydrogen-bond acceptors (Lipinski definition) is 2. The molecule has 0 radical (unpaired) electrons. The van der Waals surface area contributed by atoms with Gasteiger partial charge in [-0.2, -0.15) is 0 Å². The highest BCUT2D eigenvalue weighted by atomic mass is 32.1. The molecule has 0 spiro atoms. The first-order chi connectivity index (χ1) is 6.88. The highest BCUT2D eigenvalue weighted by Gasteiger charge is 2.09. The smallest absolute Gasteiger partial charge is 0.0718 e. The molecule has 0 aliphatic rings. The summed E-state index contributed by atoms with van der Waals surface area (Å²) in [5.74, 6) is 0. The molecule has 1 aromatic heterocycles. The van der Waals surface area contributed by atoms with Gasteiger partial charge in [0.15, 0.2) is 0 Å². The monoisotopic (exact) mass is 209 g/mol. The van der Waals surface area contributed by atoms with Crippen molar-refractivity contribution in [1.29, 1.82) is 0 Å². The maximum Gasteiger partial charge on any atom is 0.0718 e. The van der Waals surface area contributed by atoms with Crippen molar-refractivity contribution in [1.82, 2.24) is 0 Å². The molecule has 1 aromatic rings. The third-order valence-corrected chi connectivity index (χ3v) is 3.12. The molecule has 0 amide bonds. The second-order valence-electron chi connectivity index (χ2n) is 3.23. The van der Waals surface area contributed by atoms with Crippen LogP contribution in [0.2, 0.25) is 0 Å². The molecule has 0 saturated heterocycles. The van der Waals surface area contributed by atoms with Crippen LogP contribution in [-0.2, 0) is 0 Å². The van der Waals surface area contributed by atoms with Crippen molar-refractivity contribution in [3.8, 4) is 0 Å². The second-order valence-corrected chi connectivity index (χ2v) is 4.21. The molecular formula is C10H15N3S. The van der Waals surface area contributed by atoms with Gasteiger partial charge in [0, 0.05) is 9.79 Å². The third kappa shape index (κ3) is 3.40. The van der Waals surface area contributed by atoms with Crippen LogP contribution >= 0.6 is 11.3 Å². The molecule has 0 N–H and O–H groups in total. The summed E-state index contributed by atoms with van der Waals surface area (Å²) in [6, 6.07) is 4.09. The Bertz CT molecular complexity index is 288. The van der Waals surface area contributed by atoms with Crippen molar-refractivity contribution >= 4 is 11.3 Å². The van der Waals surface area contributed by atoms with E-state index >= 15 is 0 Å². The Labute approximate surface area is 88.4 Å². The molecule has 14 heavy (non-hydrogen) atoms. The molecule has 0 fully saturated rings. The number of hydrogen-bond donors (Lipinski definition) is 0. The maximum absolute atomic E-state index is 8.45. The van der Waals surface area contributed by atoms with Gasteiger partial charge in [0.1, 0.15) is 0 Å². The molecule has 3 nitrogen and oxygen atoms in total. The quantitative estimate of drug-likeness (QED) is 0.283. The zero-order valence-corrected chi connectivity index (χ0v) is 9.20. The van der Waals surface area contributed by atoms with Gasteiger partial charge in [-0.15, -0.1) is 11.3 Å². The average Bonchev–Trinajstić information content (AvgIpc) is 2.70. The molecule has 76 valence electrons. The lowest BCUT2D eigenvalue weighted by Crippen LogP contribution is -1.91. The van der Waals surface area contributed by atoms with E-state index < -0.39 is 0 Å². The number of azide groups is 1. The summed E-state index contributed by atoms with van der Waals surface area (Å²) in [7, 11) is 0. The lowest BCUT2D eigenvalue weighted by molar-refractivity contribution is 0.585. The standard InChI is InChI=1S/C10H15N3S/c1-2-3-4-6-9(12-13-11)10-7-5-8-14-10/h5,7-9H,2-4,6H2,1H3. The Morgan fingerprint density at radius 3 is 3.00 bits per heavy atom. The minimum absolute atomic E-state index is 0.0477. The van der Waals surface area contributed by atoms with Crippen molar-refractivity contribution < 1.29 is 0 Å². The van der Waals surface area contributed by atoms with Crippen LogP contribution in [0, 0.1) is 0 Å². The van der Waals surface area contributed by atoms with Crippen molar-refractivity contribution in [2.75, 3.05) is 0 Å². The van der Waals surface area contributed by atoms with Crippen LogP contribution in [0.1, 0.15) is 43.5 Å². The molecule has 0 saturated carbocycles. The molecular weight excluding hydrogens is 194 g/mol. The topological polar surface area (TPSA) is 48.8 Å². The van der Waals surface area contributed by atoms with E-state index in [9.17, 15) is 0 Å². The van der Waals surface area contributed by atoms with Crippen molar-refractivity contribution in [2.24, 2.45) is 5.11 Å². The van der Waals surface area contributed by atoms with E-state index in [0.29, 0.717) is 0 Å². The summed E-state index contributed by atoms with van der Waals surface area (Å²) in [5.41, 5.74) is 8.45. The van der Waals surface area contributed by atoms with Gasteiger partial charge < -0.3 is 0 Å².